The van der Waals surface area contributed by atoms with Gasteiger partial charge in [0.1, 0.15) is 0 Å². The normalized spacial score (nSPS) is 34.0. The van der Waals surface area contributed by atoms with Gasteiger partial charge < -0.3 is 0 Å². The zero-order valence-corrected chi connectivity index (χ0v) is 9.59. The smallest absolute Gasteiger partial charge is 0.264 e. The largest absolute Gasteiger partial charge is 0.267 e. The summed E-state index contributed by atoms with van der Waals surface area (Å²) in [7, 11) is -3.32. The first kappa shape index (κ1) is 11.7. The molecule has 0 heterocycles. The molecule has 1 aliphatic carbocycles. The van der Waals surface area contributed by atoms with E-state index in [4.69, 9.17) is 4.18 Å². The molecule has 1 fully saturated rings. The molecule has 1 rings (SSSR count). The van der Waals surface area contributed by atoms with Gasteiger partial charge in [-0.25, -0.2) is 0 Å². The Labute approximate surface area is 86.3 Å². The number of rotatable bonds is 3. The van der Waals surface area contributed by atoms with E-state index in [2.05, 4.69) is 6.58 Å². The van der Waals surface area contributed by atoms with Crippen LogP contribution in [0.25, 0.3) is 0 Å². The SMILES string of the molecule is C=C[C@H]1CCC[C@H](OS(C)(=O)=O)[C@H]1C. The minimum absolute atomic E-state index is 0.165. The van der Waals surface area contributed by atoms with Crippen molar-refractivity contribution in [2.45, 2.75) is 32.3 Å². The zero-order valence-electron chi connectivity index (χ0n) is 8.77. The molecule has 0 aromatic rings. The summed E-state index contributed by atoms with van der Waals surface area (Å²) in [6, 6.07) is 0. The van der Waals surface area contributed by atoms with Crippen molar-refractivity contribution in [3.05, 3.63) is 12.7 Å². The van der Waals surface area contributed by atoms with Crippen molar-refractivity contribution in [3.63, 3.8) is 0 Å². The van der Waals surface area contributed by atoms with Gasteiger partial charge in [-0.1, -0.05) is 19.4 Å². The fourth-order valence-corrected chi connectivity index (χ4v) is 2.77. The highest BCUT2D eigenvalue weighted by atomic mass is 32.2. The Balaban J connectivity index is 2.65. The van der Waals surface area contributed by atoms with Crippen LogP contribution >= 0.6 is 0 Å². The van der Waals surface area contributed by atoms with Crippen LogP contribution in [0.15, 0.2) is 12.7 Å². The third kappa shape index (κ3) is 3.10. The molecule has 0 amide bonds. The molecule has 0 unspecified atom stereocenters. The fraction of sp³-hybridized carbons (Fsp3) is 0.800. The average molecular weight is 218 g/mol. The molecular weight excluding hydrogens is 200 g/mol. The van der Waals surface area contributed by atoms with Crippen LogP contribution in [-0.4, -0.2) is 20.8 Å². The maximum atomic E-state index is 11.0. The van der Waals surface area contributed by atoms with Gasteiger partial charge in [0.2, 0.25) is 0 Å². The Kier molecular flexibility index (Phi) is 3.72. The predicted molar refractivity (Wildman–Crippen MR) is 56.4 cm³/mol. The molecule has 0 bridgehead atoms. The molecular formula is C10H18O3S. The van der Waals surface area contributed by atoms with Crippen LogP contribution in [0.5, 0.6) is 0 Å². The van der Waals surface area contributed by atoms with Crippen LogP contribution in [0.3, 0.4) is 0 Å². The Bertz CT molecular complexity index is 294. The van der Waals surface area contributed by atoms with E-state index in [-0.39, 0.29) is 12.0 Å². The van der Waals surface area contributed by atoms with E-state index in [9.17, 15) is 8.42 Å². The van der Waals surface area contributed by atoms with Gasteiger partial charge in [-0.05, 0) is 24.7 Å². The Morgan fingerprint density at radius 3 is 2.57 bits per heavy atom. The molecule has 0 radical (unpaired) electrons. The van der Waals surface area contributed by atoms with Crippen molar-refractivity contribution < 1.29 is 12.6 Å². The minimum atomic E-state index is -3.32. The van der Waals surface area contributed by atoms with E-state index >= 15 is 0 Å². The van der Waals surface area contributed by atoms with E-state index in [0.717, 1.165) is 25.5 Å². The molecule has 3 nitrogen and oxygen atoms in total. The summed E-state index contributed by atoms with van der Waals surface area (Å²) in [5, 5.41) is 0. The van der Waals surface area contributed by atoms with Gasteiger partial charge >= 0.3 is 0 Å². The molecule has 1 aliphatic rings. The standard InChI is InChI=1S/C10H18O3S/c1-4-9-6-5-7-10(8(9)2)13-14(3,11)12/h4,8-10H,1,5-7H2,2-3H3/t8-,9-,10-/m0/s1. The first-order valence-corrected chi connectivity index (χ1v) is 6.76. The van der Waals surface area contributed by atoms with Crippen LogP contribution < -0.4 is 0 Å². The molecule has 3 atom stereocenters. The first-order valence-electron chi connectivity index (χ1n) is 4.95. The second kappa shape index (κ2) is 4.45. The lowest BCUT2D eigenvalue weighted by molar-refractivity contribution is 0.0854. The van der Waals surface area contributed by atoms with Crippen LogP contribution in [-0.2, 0) is 14.3 Å². The molecule has 1 saturated carbocycles. The molecule has 0 aromatic heterocycles. The lowest BCUT2D eigenvalue weighted by Crippen LogP contribution is -2.33. The topological polar surface area (TPSA) is 43.4 Å². The van der Waals surface area contributed by atoms with Crippen molar-refractivity contribution in [3.8, 4) is 0 Å². The summed E-state index contributed by atoms with van der Waals surface area (Å²) < 4.78 is 27.0. The molecule has 0 saturated heterocycles. The summed E-state index contributed by atoms with van der Waals surface area (Å²) in [6.07, 6.45) is 5.79. The van der Waals surface area contributed by atoms with Gasteiger partial charge in [0.15, 0.2) is 0 Å². The monoisotopic (exact) mass is 218 g/mol. The second-order valence-electron chi connectivity index (χ2n) is 4.03. The van der Waals surface area contributed by atoms with Crippen molar-refractivity contribution >= 4 is 10.1 Å². The predicted octanol–water partition coefficient (Wildman–Crippen LogP) is 1.95. The van der Waals surface area contributed by atoms with E-state index in [1.54, 1.807) is 0 Å². The molecule has 0 spiro atoms. The zero-order chi connectivity index (χ0) is 10.8. The maximum Gasteiger partial charge on any atom is 0.264 e. The van der Waals surface area contributed by atoms with Crippen molar-refractivity contribution in [2.75, 3.05) is 6.26 Å². The van der Waals surface area contributed by atoms with E-state index < -0.39 is 10.1 Å². The van der Waals surface area contributed by atoms with E-state index in [1.807, 2.05) is 13.0 Å². The summed E-state index contributed by atoms with van der Waals surface area (Å²) >= 11 is 0. The quantitative estimate of drug-likeness (QED) is 0.537. The van der Waals surface area contributed by atoms with Crippen LogP contribution in [0.4, 0.5) is 0 Å². The van der Waals surface area contributed by atoms with Gasteiger partial charge in [0.25, 0.3) is 10.1 Å². The van der Waals surface area contributed by atoms with Gasteiger partial charge in [0, 0.05) is 0 Å². The fourth-order valence-electron chi connectivity index (χ4n) is 2.05. The van der Waals surface area contributed by atoms with Crippen molar-refractivity contribution in [1.29, 1.82) is 0 Å². The van der Waals surface area contributed by atoms with Crippen molar-refractivity contribution in [1.82, 2.24) is 0 Å². The molecule has 14 heavy (non-hydrogen) atoms. The summed E-state index contributed by atoms with van der Waals surface area (Å²) in [6.45, 7) is 5.79. The highest BCUT2D eigenvalue weighted by molar-refractivity contribution is 7.86. The summed E-state index contributed by atoms with van der Waals surface area (Å²) in [5.41, 5.74) is 0. The van der Waals surface area contributed by atoms with Gasteiger partial charge in [-0.15, -0.1) is 6.58 Å². The van der Waals surface area contributed by atoms with Crippen molar-refractivity contribution in [2.24, 2.45) is 11.8 Å². The Hall–Kier alpha value is -0.350. The highest BCUT2D eigenvalue weighted by Gasteiger charge is 2.30. The summed E-state index contributed by atoms with van der Waals surface area (Å²) in [4.78, 5) is 0. The number of hydrogen-bond acceptors (Lipinski definition) is 3. The Morgan fingerprint density at radius 1 is 1.43 bits per heavy atom. The molecule has 82 valence electrons. The van der Waals surface area contributed by atoms with Gasteiger partial charge in [-0.2, -0.15) is 8.42 Å². The molecule has 4 heteroatoms. The average Bonchev–Trinajstić information content (AvgIpc) is 2.06. The lowest BCUT2D eigenvalue weighted by Gasteiger charge is -2.33. The minimum Gasteiger partial charge on any atom is -0.267 e. The van der Waals surface area contributed by atoms with Gasteiger partial charge in [0.05, 0.1) is 12.4 Å². The van der Waals surface area contributed by atoms with Gasteiger partial charge in [-0.3, -0.25) is 4.18 Å². The van der Waals surface area contributed by atoms with Crippen LogP contribution in [0, 0.1) is 11.8 Å². The third-order valence-corrected chi connectivity index (χ3v) is 3.49. The molecule has 0 aromatic carbocycles. The molecule has 0 aliphatic heterocycles. The number of allylic oxidation sites excluding steroid dienone is 1. The maximum absolute atomic E-state index is 11.0. The second-order valence-corrected chi connectivity index (χ2v) is 5.63. The highest BCUT2D eigenvalue weighted by Crippen LogP contribution is 2.33. The number of hydrogen-bond donors (Lipinski definition) is 0. The van der Waals surface area contributed by atoms with Crippen LogP contribution in [0.1, 0.15) is 26.2 Å². The summed E-state index contributed by atoms with van der Waals surface area (Å²) in [5.74, 6) is 0.631. The Morgan fingerprint density at radius 2 is 2.07 bits per heavy atom. The molecule has 0 N–H and O–H groups in total. The van der Waals surface area contributed by atoms with Crippen LogP contribution in [0.2, 0.25) is 0 Å². The lowest BCUT2D eigenvalue weighted by atomic mass is 9.78. The first-order chi connectivity index (χ1) is 6.44. The third-order valence-electron chi connectivity index (χ3n) is 2.89. The van der Waals surface area contributed by atoms with E-state index in [0.29, 0.717) is 5.92 Å². The van der Waals surface area contributed by atoms with E-state index in [1.165, 1.54) is 0 Å².